The Labute approximate surface area is 165 Å². The first-order valence-corrected chi connectivity index (χ1v) is 9.87. The molecule has 1 aliphatic heterocycles. The summed E-state index contributed by atoms with van der Waals surface area (Å²) in [6.45, 7) is 3.59. The highest BCUT2D eigenvalue weighted by atomic mass is 19.2. The Kier molecular flexibility index (Phi) is 6.65. The Bertz CT molecular complexity index is 877. The molecule has 0 atom stereocenters. The number of rotatable bonds is 8. The first-order chi connectivity index (χ1) is 13.6. The lowest BCUT2D eigenvalue weighted by atomic mass is 9.92. The molecule has 2 aromatic carbocycles. The largest absolute Gasteiger partial charge is 0.493 e. The number of hydrogen-bond donors (Lipinski definition) is 0. The smallest absolute Gasteiger partial charge is 0.184 e. The average Bonchev–Trinajstić information content (AvgIpc) is 2.71. The molecule has 28 heavy (non-hydrogen) atoms. The number of ether oxygens (including phenoxy) is 2. The van der Waals surface area contributed by atoms with E-state index in [2.05, 4.69) is 17.6 Å². The van der Waals surface area contributed by atoms with Gasteiger partial charge in [-0.15, -0.1) is 0 Å². The van der Waals surface area contributed by atoms with Gasteiger partial charge in [-0.05, 0) is 42.3 Å². The Hall–Kier alpha value is -2.43. The van der Waals surface area contributed by atoms with Gasteiger partial charge in [0.25, 0.3) is 0 Å². The van der Waals surface area contributed by atoms with Gasteiger partial charge in [0.1, 0.15) is 6.54 Å². The van der Waals surface area contributed by atoms with Crippen molar-refractivity contribution in [1.29, 1.82) is 0 Å². The number of unbranched alkanes of at least 4 members (excludes halogenated alkanes) is 2. The van der Waals surface area contributed by atoms with Gasteiger partial charge in [-0.25, -0.2) is 13.4 Å². The van der Waals surface area contributed by atoms with E-state index in [9.17, 15) is 8.78 Å². The van der Waals surface area contributed by atoms with E-state index in [-0.39, 0.29) is 0 Å². The summed E-state index contributed by atoms with van der Waals surface area (Å²) in [4.78, 5) is 0. The molecule has 0 bridgehead atoms. The third-order valence-electron chi connectivity index (χ3n) is 5.33. The molecule has 3 nitrogen and oxygen atoms in total. The summed E-state index contributed by atoms with van der Waals surface area (Å²) in [5.41, 5.74) is 4.42. The molecule has 0 radical (unpaired) electrons. The van der Waals surface area contributed by atoms with Crippen molar-refractivity contribution >= 4 is 5.71 Å². The summed E-state index contributed by atoms with van der Waals surface area (Å²) in [6, 6.07) is 8.26. The van der Waals surface area contributed by atoms with E-state index in [0.717, 1.165) is 50.0 Å². The van der Waals surface area contributed by atoms with Crippen LogP contribution in [0.3, 0.4) is 0 Å². The quantitative estimate of drug-likeness (QED) is 0.462. The van der Waals surface area contributed by atoms with Gasteiger partial charge in [-0.3, -0.25) is 0 Å². The summed E-state index contributed by atoms with van der Waals surface area (Å²) >= 11 is 0. The minimum atomic E-state index is -0.809. The van der Waals surface area contributed by atoms with E-state index < -0.39 is 11.6 Å². The predicted molar refractivity (Wildman–Crippen MR) is 107 cm³/mol. The van der Waals surface area contributed by atoms with Crippen LogP contribution >= 0.6 is 0 Å². The van der Waals surface area contributed by atoms with E-state index in [1.807, 2.05) is 6.07 Å². The number of benzene rings is 2. The molecule has 0 aromatic heterocycles. The van der Waals surface area contributed by atoms with Gasteiger partial charge in [0.05, 0.1) is 14.2 Å². The molecular weight excluding hydrogens is 360 g/mol. The van der Waals surface area contributed by atoms with Crippen LogP contribution in [0.1, 0.15) is 49.3 Å². The average molecular weight is 388 g/mol. The third kappa shape index (κ3) is 4.34. The van der Waals surface area contributed by atoms with Crippen molar-refractivity contribution in [3.05, 3.63) is 58.7 Å². The van der Waals surface area contributed by atoms with Crippen molar-refractivity contribution in [1.82, 2.24) is 0 Å². The Morgan fingerprint density at radius 3 is 2.39 bits per heavy atom. The maximum absolute atomic E-state index is 13.7. The molecule has 0 amide bonds. The molecule has 0 fully saturated rings. The zero-order valence-corrected chi connectivity index (χ0v) is 16.9. The Morgan fingerprint density at radius 2 is 1.71 bits per heavy atom. The molecule has 0 saturated carbocycles. The third-order valence-corrected chi connectivity index (χ3v) is 5.33. The molecule has 3 rings (SSSR count). The summed E-state index contributed by atoms with van der Waals surface area (Å²) in [6.07, 6.45) is 5.21. The maximum atomic E-state index is 13.7. The zero-order chi connectivity index (χ0) is 20.1. The second-order valence-electron chi connectivity index (χ2n) is 7.19. The second-order valence-corrected chi connectivity index (χ2v) is 7.19. The van der Waals surface area contributed by atoms with Gasteiger partial charge in [-0.2, -0.15) is 0 Å². The highest BCUT2D eigenvalue weighted by Crippen LogP contribution is 2.33. The molecule has 0 spiro atoms. The fraction of sp³-hybridized carbons (Fsp3) is 0.435. The topological polar surface area (TPSA) is 21.5 Å². The van der Waals surface area contributed by atoms with Crippen molar-refractivity contribution in [2.24, 2.45) is 0 Å². The van der Waals surface area contributed by atoms with E-state index in [1.54, 1.807) is 20.3 Å². The van der Waals surface area contributed by atoms with Gasteiger partial charge in [-0.1, -0.05) is 19.8 Å². The summed E-state index contributed by atoms with van der Waals surface area (Å²) in [5.74, 6) is -0.155. The molecular formula is C23H28F2NO2+. The van der Waals surface area contributed by atoms with Gasteiger partial charge < -0.3 is 9.47 Å². The standard InChI is InChI=1S/C23H28F2NO2/c1-4-5-6-7-21-18-14-23(28-3)22(27-2)13-17(18)10-11-26(21)15-16-8-9-19(24)20(25)12-16/h8-9,12-14H,4-7,10-11,15H2,1-3H3/q+1. The molecule has 0 N–H and O–H groups in total. The highest BCUT2D eigenvalue weighted by Gasteiger charge is 2.27. The number of fused-ring (bicyclic) bond motifs is 1. The van der Waals surface area contributed by atoms with Crippen molar-refractivity contribution in [3.63, 3.8) is 0 Å². The molecule has 1 aliphatic rings. The van der Waals surface area contributed by atoms with Gasteiger partial charge in [0, 0.05) is 24.0 Å². The van der Waals surface area contributed by atoms with Crippen LogP contribution in [0.5, 0.6) is 11.5 Å². The van der Waals surface area contributed by atoms with Crippen LogP contribution in [0.15, 0.2) is 30.3 Å². The van der Waals surface area contributed by atoms with E-state index in [1.165, 1.54) is 29.0 Å². The molecule has 0 aliphatic carbocycles. The van der Waals surface area contributed by atoms with Crippen LogP contribution in [-0.2, 0) is 13.0 Å². The van der Waals surface area contributed by atoms with Crippen LogP contribution < -0.4 is 9.47 Å². The van der Waals surface area contributed by atoms with E-state index >= 15 is 0 Å². The van der Waals surface area contributed by atoms with Crippen LogP contribution in [0.25, 0.3) is 0 Å². The van der Waals surface area contributed by atoms with Crippen LogP contribution in [0.4, 0.5) is 8.78 Å². The number of hydrogen-bond acceptors (Lipinski definition) is 2. The SMILES string of the molecule is CCCCCC1=[N+](Cc2ccc(F)c(F)c2)CCc2cc(OC)c(OC)cc21. The minimum absolute atomic E-state index is 0.562. The second kappa shape index (κ2) is 9.18. The normalized spacial score (nSPS) is 13.5. The van der Waals surface area contributed by atoms with Crippen LogP contribution in [-0.4, -0.2) is 31.1 Å². The molecule has 0 saturated heterocycles. The van der Waals surface area contributed by atoms with Crippen molar-refractivity contribution < 1.29 is 22.8 Å². The molecule has 2 aromatic rings. The van der Waals surface area contributed by atoms with E-state index in [0.29, 0.717) is 12.3 Å². The first kappa shape index (κ1) is 20.3. The number of halogens is 2. The maximum Gasteiger partial charge on any atom is 0.184 e. The summed E-state index contributed by atoms with van der Waals surface area (Å²) in [7, 11) is 3.29. The van der Waals surface area contributed by atoms with Gasteiger partial charge >= 0.3 is 0 Å². The summed E-state index contributed by atoms with van der Waals surface area (Å²) < 4.78 is 40.2. The fourth-order valence-corrected chi connectivity index (χ4v) is 3.83. The lowest BCUT2D eigenvalue weighted by molar-refractivity contribution is -0.545. The lowest BCUT2D eigenvalue weighted by Crippen LogP contribution is -2.30. The van der Waals surface area contributed by atoms with Crippen molar-refractivity contribution in [3.8, 4) is 11.5 Å². The molecule has 0 unspecified atom stereocenters. The van der Waals surface area contributed by atoms with Crippen LogP contribution in [0, 0.1) is 11.6 Å². The molecule has 5 heteroatoms. The molecule has 150 valence electrons. The minimum Gasteiger partial charge on any atom is -0.493 e. The fourth-order valence-electron chi connectivity index (χ4n) is 3.83. The lowest BCUT2D eigenvalue weighted by Gasteiger charge is -2.21. The van der Waals surface area contributed by atoms with E-state index in [4.69, 9.17) is 9.47 Å². The highest BCUT2D eigenvalue weighted by molar-refractivity contribution is 5.99. The predicted octanol–water partition coefficient (Wildman–Crippen LogP) is 5.12. The van der Waals surface area contributed by atoms with Crippen molar-refractivity contribution in [2.75, 3.05) is 20.8 Å². The zero-order valence-electron chi connectivity index (χ0n) is 16.9. The summed E-state index contributed by atoms with van der Waals surface area (Å²) in [5, 5.41) is 0. The Morgan fingerprint density at radius 1 is 0.964 bits per heavy atom. The monoisotopic (exact) mass is 388 g/mol. The number of nitrogens with zero attached hydrogens (tertiary/aromatic N) is 1. The van der Waals surface area contributed by atoms with Gasteiger partial charge in [0.15, 0.2) is 35.4 Å². The molecule has 1 heterocycles. The Balaban J connectivity index is 2.01. The first-order valence-electron chi connectivity index (χ1n) is 9.87. The van der Waals surface area contributed by atoms with Crippen molar-refractivity contribution in [2.45, 2.75) is 45.6 Å². The van der Waals surface area contributed by atoms with Crippen LogP contribution in [0.2, 0.25) is 0 Å². The van der Waals surface area contributed by atoms with Gasteiger partial charge in [0.2, 0.25) is 0 Å². The number of methoxy groups -OCH3 is 2.